The number of ether oxygens (including phenoxy) is 1. The minimum absolute atomic E-state index is 0.0707. The van der Waals surface area contributed by atoms with Gasteiger partial charge in [-0.3, -0.25) is 0 Å². The third kappa shape index (κ3) is 3.67. The summed E-state index contributed by atoms with van der Waals surface area (Å²) >= 11 is 0. The Morgan fingerprint density at radius 3 is 2.12 bits per heavy atom. The summed E-state index contributed by atoms with van der Waals surface area (Å²) in [5, 5.41) is 9.16. The molecule has 2 aromatic carbocycles. The highest BCUT2D eigenvalue weighted by atomic mass is 19.1. The number of aromatic nitrogens is 1. The van der Waals surface area contributed by atoms with Gasteiger partial charge in [0.25, 0.3) is 0 Å². The van der Waals surface area contributed by atoms with Crippen LogP contribution in [0.2, 0.25) is 0 Å². The largest absolute Gasteiger partial charge is 0.402 e. The number of benzene rings is 2. The molecule has 25 heavy (non-hydrogen) atoms. The molecule has 0 aliphatic rings. The van der Waals surface area contributed by atoms with E-state index in [0.29, 0.717) is 11.3 Å². The summed E-state index contributed by atoms with van der Waals surface area (Å²) < 4.78 is 31.1. The number of nitrogens with zero attached hydrogens (tertiary/aromatic N) is 2. The molecule has 0 N–H and O–H groups in total. The van der Waals surface area contributed by atoms with Crippen LogP contribution in [0, 0.1) is 23.0 Å². The average Bonchev–Trinajstić information content (AvgIpc) is 2.63. The van der Waals surface area contributed by atoms with Crippen molar-refractivity contribution in [3.8, 4) is 23.2 Å². The van der Waals surface area contributed by atoms with Gasteiger partial charge < -0.3 is 4.74 Å². The molecule has 0 unspecified atom stereocenters. The maximum Gasteiger partial charge on any atom is 0.344 e. The number of rotatable bonds is 3. The molecule has 6 heteroatoms. The van der Waals surface area contributed by atoms with Crippen molar-refractivity contribution >= 4 is 5.97 Å². The van der Waals surface area contributed by atoms with E-state index in [0.717, 1.165) is 12.1 Å². The van der Waals surface area contributed by atoms with Gasteiger partial charge in [-0.05, 0) is 60.7 Å². The van der Waals surface area contributed by atoms with Crippen LogP contribution in [-0.2, 0) is 0 Å². The van der Waals surface area contributed by atoms with Crippen molar-refractivity contribution in [2.75, 3.05) is 0 Å². The number of nitriles is 1. The van der Waals surface area contributed by atoms with E-state index in [1.165, 1.54) is 42.5 Å². The Balaban J connectivity index is 1.93. The number of carbonyl (C=O) groups is 1. The Morgan fingerprint density at radius 2 is 1.52 bits per heavy atom. The summed E-state index contributed by atoms with van der Waals surface area (Å²) in [6, 6.07) is 15.3. The van der Waals surface area contributed by atoms with Gasteiger partial charge in [0.15, 0.2) is 0 Å². The summed E-state index contributed by atoms with van der Waals surface area (Å²) in [5.74, 6) is -1.80. The highest BCUT2D eigenvalue weighted by Gasteiger charge is 2.15. The van der Waals surface area contributed by atoms with Crippen LogP contribution in [0.3, 0.4) is 0 Å². The van der Waals surface area contributed by atoms with Crippen molar-refractivity contribution in [2.45, 2.75) is 0 Å². The minimum Gasteiger partial charge on any atom is -0.402 e. The lowest BCUT2D eigenvalue weighted by atomic mass is 10.1. The lowest BCUT2D eigenvalue weighted by Crippen LogP contribution is -2.11. The van der Waals surface area contributed by atoms with Crippen molar-refractivity contribution in [2.24, 2.45) is 0 Å². The standard InChI is InChI=1S/C19H10F2N2O2/c20-15-6-1-12(2-7-15)17-10-5-14(11-22)18(23-17)25-19(24)13-3-8-16(21)9-4-13/h1-10H. The van der Waals surface area contributed by atoms with Crippen LogP contribution in [0.15, 0.2) is 60.7 Å². The molecule has 4 nitrogen and oxygen atoms in total. The van der Waals surface area contributed by atoms with E-state index in [4.69, 9.17) is 10.00 Å². The summed E-state index contributed by atoms with van der Waals surface area (Å²) in [6.45, 7) is 0. The van der Waals surface area contributed by atoms with E-state index >= 15 is 0 Å². The van der Waals surface area contributed by atoms with Crippen LogP contribution in [0.5, 0.6) is 5.88 Å². The molecule has 122 valence electrons. The van der Waals surface area contributed by atoms with Crippen LogP contribution in [0.25, 0.3) is 11.3 Å². The van der Waals surface area contributed by atoms with Gasteiger partial charge in [-0.15, -0.1) is 0 Å². The fourth-order valence-corrected chi connectivity index (χ4v) is 2.12. The lowest BCUT2D eigenvalue weighted by molar-refractivity contribution is 0.0727. The quantitative estimate of drug-likeness (QED) is 0.675. The third-order valence-electron chi connectivity index (χ3n) is 3.39. The molecule has 0 amide bonds. The van der Waals surface area contributed by atoms with Crippen molar-refractivity contribution in [3.63, 3.8) is 0 Å². The average molecular weight is 336 g/mol. The first-order valence-electron chi connectivity index (χ1n) is 7.21. The van der Waals surface area contributed by atoms with Gasteiger partial charge in [0, 0.05) is 5.56 Å². The molecule has 0 fully saturated rings. The van der Waals surface area contributed by atoms with Crippen LogP contribution in [0.4, 0.5) is 8.78 Å². The van der Waals surface area contributed by atoms with Crippen molar-refractivity contribution < 1.29 is 18.3 Å². The molecule has 0 atom stereocenters. The SMILES string of the molecule is N#Cc1ccc(-c2ccc(F)cc2)nc1OC(=O)c1ccc(F)cc1. The highest BCUT2D eigenvalue weighted by molar-refractivity contribution is 5.91. The molecule has 3 rings (SSSR count). The molecule has 1 aromatic heterocycles. The number of hydrogen-bond acceptors (Lipinski definition) is 4. The van der Waals surface area contributed by atoms with Crippen molar-refractivity contribution in [1.82, 2.24) is 4.98 Å². The molecule has 0 saturated heterocycles. The highest BCUT2D eigenvalue weighted by Crippen LogP contribution is 2.24. The zero-order valence-electron chi connectivity index (χ0n) is 12.7. The van der Waals surface area contributed by atoms with Gasteiger partial charge in [-0.25, -0.2) is 18.6 Å². The fourth-order valence-electron chi connectivity index (χ4n) is 2.12. The Bertz CT molecular complexity index is 962. The summed E-state index contributed by atoms with van der Waals surface area (Å²) in [7, 11) is 0. The van der Waals surface area contributed by atoms with Crippen LogP contribution < -0.4 is 4.74 Å². The monoisotopic (exact) mass is 336 g/mol. The van der Waals surface area contributed by atoms with Crippen LogP contribution in [0.1, 0.15) is 15.9 Å². The molecule has 3 aromatic rings. The minimum atomic E-state index is -0.764. The predicted octanol–water partition coefficient (Wildman–Crippen LogP) is 4.12. The van der Waals surface area contributed by atoms with Gasteiger partial charge >= 0.3 is 5.97 Å². The van der Waals surface area contributed by atoms with E-state index in [1.807, 2.05) is 6.07 Å². The maximum absolute atomic E-state index is 13.0. The fraction of sp³-hybridized carbons (Fsp3) is 0. The Kier molecular flexibility index (Phi) is 4.48. The maximum atomic E-state index is 13.0. The van der Waals surface area contributed by atoms with E-state index in [2.05, 4.69) is 4.98 Å². The molecule has 0 aliphatic carbocycles. The number of halogens is 2. The van der Waals surface area contributed by atoms with E-state index < -0.39 is 11.8 Å². The zero-order valence-corrected chi connectivity index (χ0v) is 12.7. The smallest absolute Gasteiger partial charge is 0.344 e. The summed E-state index contributed by atoms with van der Waals surface area (Å²) in [6.07, 6.45) is 0. The second-order valence-corrected chi connectivity index (χ2v) is 5.06. The first-order chi connectivity index (χ1) is 12.1. The van der Waals surface area contributed by atoms with E-state index in [-0.39, 0.29) is 22.8 Å². The molecular formula is C19H10F2N2O2. The Hall–Kier alpha value is -3.59. The molecule has 0 spiro atoms. The predicted molar refractivity (Wildman–Crippen MR) is 85.7 cm³/mol. The number of pyridine rings is 1. The molecule has 0 radical (unpaired) electrons. The van der Waals surface area contributed by atoms with Crippen molar-refractivity contribution in [3.05, 3.63) is 83.4 Å². The normalized spacial score (nSPS) is 10.1. The first kappa shape index (κ1) is 16.3. The molecule has 0 bridgehead atoms. The number of esters is 1. The first-order valence-corrected chi connectivity index (χ1v) is 7.21. The van der Waals surface area contributed by atoms with Gasteiger partial charge in [-0.2, -0.15) is 5.26 Å². The lowest BCUT2D eigenvalue weighted by Gasteiger charge is -2.08. The summed E-state index contributed by atoms with van der Waals surface area (Å²) in [4.78, 5) is 16.3. The van der Waals surface area contributed by atoms with E-state index in [1.54, 1.807) is 6.07 Å². The van der Waals surface area contributed by atoms with Gasteiger partial charge in [0.2, 0.25) is 5.88 Å². The Morgan fingerprint density at radius 1 is 0.920 bits per heavy atom. The van der Waals surface area contributed by atoms with Crippen LogP contribution >= 0.6 is 0 Å². The zero-order chi connectivity index (χ0) is 17.8. The van der Waals surface area contributed by atoms with E-state index in [9.17, 15) is 13.6 Å². The van der Waals surface area contributed by atoms with Gasteiger partial charge in [0.05, 0.1) is 11.3 Å². The number of carbonyl (C=O) groups excluding carboxylic acids is 1. The summed E-state index contributed by atoms with van der Waals surface area (Å²) in [5.41, 5.74) is 1.21. The second-order valence-electron chi connectivity index (χ2n) is 5.06. The van der Waals surface area contributed by atoms with Crippen molar-refractivity contribution in [1.29, 1.82) is 5.26 Å². The topological polar surface area (TPSA) is 63.0 Å². The molecule has 0 saturated carbocycles. The van der Waals surface area contributed by atoms with Gasteiger partial charge in [-0.1, -0.05) is 0 Å². The molecular weight excluding hydrogens is 326 g/mol. The second kappa shape index (κ2) is 6.89. The molecule has 0 aliphatic heterocycles. The third-order valence-corrected chi connectivity index (χ3v) is 3.39. The molecule has 1 heterocycles. The van der Waals surface area contributed by atoms with Gasteiger partial charge in [0.1, 0.15) is 23.3 Å². The Labute approximate surface area is 141 Å². The number of hydrogen-bond donors (Lipinski definition) is 0. The van der Waals surface area contributed by atoms with Crippen LogP contribution in [-0.4, -0.2) is 11.0 Å².